The topological polar surface area (TPSA) is 9.86 Å². The Labute approximate surface area is 388 Å². The molecule has 11 aromatic rings. The van der Waals surface area contributed by atoms with Crippen molar-refractivity contribution in [3.8, 4) is 16.8 Å². The van der Waals surface area contributed by atoms with Gasteiger partial charge in [-0.15, -0.1) is 0 Å². The molecule has 3 atom stereocenters. The zero-order valence-corrected chi connectivity index (χ0v) is 37.9. The van der Waals surface area contributed by atoms with Crippen LogP contribution in [0.2, 0.25) is 0 Å². The third kappa shape index (κ3) is 6.95. The van der Waals surface area contributed by atoms with E-state index in [1.807, 2.05) is 0 Å². The molecule has 0 amide bonds. The zero-order valence-electron chi connectivity index (χ0n) is 37.9. The quantitative estimate of drug-likeness (QED) is 0.123. The lowest BCUT2D eigenvalue weighted by Crippen LogP contribution is -2.11. The summed E-state index contributed by atoms with van der Waals surface area (Å²) in [5.41, 5.74) is 20.1. The fourth-order valence-corrected chi connectivity index (χ4v) is 11.6. The molecule has 2 heterocycles. The van der Waals surface area contributed by atoms with Gasteiger partial charge in [0, 0.05) is 56.6 Å². The molecule has 0 saturated heterocycles. The van der Waals surface area contributed by atoms with Crippen molar-refractivity contribution in [3.05, 3.63) is 257 Å². The number of nitrogens with zero attached hydrogens (tertiary/aromatic N) is 2. The van der Waals surface area contributed by atoms with Crippen LogP contribution in [0.5, 0.6) is 0 Å². The minimum Gasteiger partial charge on any atom is -0.341 e. The van der Waals surface area contributed by atoms with Crippen LogP contribution < -0.4 is 0 Å². The van der Waals surface area contributed by atoms with Gasteiger partial charge < -0.3 is 9.13 Å². The molecule has 66 heavy (non-hydrogen) atoms. The molecular weight excluding hydrogens is 797 g/mol. The number of hydrogen-bond donors (Lipinski definition) is 0. The van der Waals surface area contributed by atoms with Crippen molar-refractivity contribution in [2.45, 2.75) is 63.8 Å². The Balaban J connectivity index is 0.983. The lowest BCUT2D eigenvalue weighted by molar-refractivity contribution is 0.653. The Morgan fingerprint density at radius 1 is 0.424 bits per heavy atom. The van der Waals surface area contributed by atoms with Gasteiger partial charge in [-0.2, -0.15) is 0 Å². The maximum Gasteiger partial charge on any atom is 0.0541 e. The molecule has 0 fully saturated rings. The van der Waals surface area contributed by atoms with E-state index < -0.39 is 0 Å². The van der Waals surface area contributed by atoms with Gasteiger partial charge in [0.15, 0.2) is 0 Å². The van der Waals surface area contributed by atoms with E-state index in [4.69, 9.17) is 0 Å². The maximum atomic E-state index is 2.52. The predicted octanol–water partition coefficient (Wildman–Crippen LogP) is 16.4. The summed E-state index contributed by atoms with van der Waals surface area (Å²) < 4.78 is 4.92. The number of para-hydroxylation sites is 2. The van der Waals surface area contributed by atoms with E-state index >= 15 is 0 Å². The summed E-state index contributed by atoms with van der Waals surface area (Å²) in [6.45, 7) is 5.52. The highest BCUT2D eigenvalue weighted by atomic mass is 15.0. The highest BCUT2D eigenvalue weighted by Crippen LogP contribution is 2.43. The highest BCUT2D eigenvalue weighted by molar-refractivity contribution is 6.10. The molecule has 2 heteroatoms. The average Bonchev–Trinajstić information content (AvgIpc) is 3.89. The van der Waals surface area contributed by atoms with E-state index in [-0.39, 0.29) is 11.8 Å². The van der Waals surface area contributed by atoms with E-state index in [1.54, 1.807) is 0 Å². The standard InChI is InChI=1S/C64H54N2/c1-3-45-40-48-30-28-43(38-57(48)53-25-15-14-24-52(45)53)36-55(46-18-8-5-9-19-46)50-32-35-64-60(42-50)58-39-44(29-33-63(58)66(64)51-22-12-7-13-23-51)37-56(47-20-10-6-11-21-47)49-31-34-62-59(41-49)54-26-16-17-27-61(54)65(62)4-2/h5-35,38-39,41-42,45,55-56H,3-4,36-37,40H2,1-2H3. The first-order chi connectivity index (χ1) is 32.6. The van der Waals surface area contributed by atoms with E-state index in [2.05, 4.69) is 235 Å². The SMILES string of the molecule is CCC1Cc2ccc(CC(c3ccccc3)c3ccc4c(c3)c3cc(CC(c5ccccc5)c5ccc6c(c5)c5ccccc5n6CC)ccc3n4-c3ccccc3)cc2-c2ccccc21. The Bertz CT molecular complexity index is 3540. The van der Waals surface area contributed by atoms with Crippen LogP contribution >= 0.6 is 0 Å². The fraction of sp³-hybridized carbons (Fsp3) is 0.156. The summed E-state index contributed by atoms with van der Waals surface area (Å²) in [7, 11) is 0. The molecule has 2 aromatic heterocycles. The molecule has 0 N–H and O–H groups in total. The third-order valence-electron chi connectivity index (χ3n) is 14.9. The van der Waals surface area contributed by atoms with Crippen LogP contribution in [-0.4, -0.2) is 9.13 Å². The molecule has 3 unspecified atom stereocenters. The molecule has 0 bridgehead atoms. The molecule has 1 aliphatic carbocycles. The monoisotopic (exact) mass is 850 g/mol. The van der Waals surface area contributed by atoms with Crippen molar-refractivity contribution in [1.82, 2.24) is 9.13 Å². The van der Waals surface area contributed by atoms with Crippen LogP contribution in [-0.2, 0) is 25.8 Å². The van der Waals surface area contributed by atoms with Gasteiger partial charge in [-0.25, -0.2) is 0 Å². The van der Waals surface area contributed by atoms with Crippen LogP contribution in [0, 0.1) is 0 Å². The second-order valence-corrected chi connectivity index (χ2v) is 18.6. The summed E-state index contributed by atoms with van der Waals surface area (Å²) in [6, 6.07) is 80.3. The third-order valence-corrected chi connectivity index (χ3v) is 14.9. The van der Waals surface area contributed by atoms with Crippen LogP contribution in [0.1, 0.15) is 82.5 Å². The Hall–Kier alpha value is -7.42. The number of aromatic nitrogens is 2. The average molecular weight is 851 g/mol. The Kier molecular flexibility index (Phi) is 10.2. The van der Waals surface area contributed by atoms with Crippen LogP contribution in [0.15, 0.2) is 212 Å². The van der Waals surface area contributed by atoms with Gasteiger partial charge in [0.1, 0.15) is 0 Å². The van der Waals surface area contributed by atoms with Gasteiger partial charge in [0.05, 0.1) is 11.0 Å². The maximum absolute atomic E-state index is 2.52. The lowest BCUT2D eigenvalue weighted by Gasteiger charge is -2.28. The molecular formula is C64H54N2. The van der Waals surface area contributed by atoms with Gasteiger partial charge in [0.2, 0.25) is 0 Å². The fourth-order valence-electron chi connectivity index (χ4n) is 11.6. The summed E-state index contributed by atoms with van der Waals surface area (Å²) in [5, 5.41) is 5.25. The molecule has 1 aliphatic rings. The molecule has 9 aromatic carbocycles. The Morgan fingerprint density at radius 2 is 0.955 bits per heavy atom. The Morgan fingerprint density at radius 3 is 1.64 bits per heavy atom. The van der Waals surface area contributed by atoms with E-state index in [9.17, 15) is 0 Å². The molecule has 12 rings (SSSR count). The van der Waals surface area contributed by atoms with Crippen LogP contribution in [0.4, 0.5) is 0 Å². The van der Waals surface area contributed by atoms with Gasteiger partial charge in [-0.1, -0.05) is 165 Å². The van der Waals surface area contributed by atoms with E-state index in [1.165, 1.54) is 105 Å². The van der Waals surface area contributed by atoms with Crippen LogP contribution in [0.3, 0.4) is 0 Å². The first-order valence-corrected chi connectivity index (χ1v) is 24.1. The molecule has 0 saturated carbocycles. The van der Waals surface area contributed by atoms with Crippen molar-refractivity contribution in [2.24, 2.45) is 0 Å². The van der Waals surface area contributed by atoms with Crippen molar-refractivity contribution < 1.29 is 0 Å². The van der Waals surface area contributed by atoms with Crippen molar-refractivity contribution >= 4 is 43.6 Å². The highest BCUT2D eigenvalue weighted by Gasteiger charge is 2.26. The minimum absolute atomic E-state index is 0.185. The van der Waals surface area contributed by atoms with Gasteiger partial charge in [0.25, 0.3) is 0 Å². The largest absolute Gasteiger partial charge is 0.341 e. The predicted molar refractivity (Wildman–Crippen MR) is 278 cm³/mol. The zero-order chi connectivity index (χ0) is 44.1. The number of hydrogen-bond acceptors (Lipinski definition) is 0. The molecule has 0 spiro atoms. The summed E-state index contributed by atoms with van der Waals surface area (Å²) in [4.78, 5) is 0. The molecule has 0 radical (unpaired) electrons. The summed E-state index contributed by atoms with van der Waals surface area (Å²) >= 11 is 0. The number of rotatable bonds is 11. The first-order valence-electron chi connectivity index (χ1n) is 24.1. The van der Waals surface area contributed by atoms with Crippen molar-refractivity contribution in [3.63, 3.8) is 0 Å². The van der Waals surface area contributed by atoms with Gasteiger partial charge in [-0.05, 0) is 149 Å². The number of fused-ring (bicyclic) bond motifs is 9. The molecule has 2 nitrogen and oxygen atoms in total. The number of benzene rings is 9. The summed E-state index contributed by atoms with van der Waals surface area (Å²) in [5.74, 6) is 0.953. The second-order valence-electron chi connectivity index (χ2n) is 18.6. The lowest BCUT2D eigenvalue weighted by atomic mass is 9.76. The van der Waals surface area contributed by atoms with Crippen molar-refractivity contribution in [2.75, 3.05) is 0 Å². The molecule has 320 valence electrons. The second kappa shape index (κ2) is 16.9. The number of aryl methyl sites for hydroxylation is 1. The smallest absolute Gasteiger partial charge is 0.0541 e. The van der Waals surface area contributed by atoms with Gasteiger partial charge in [-0.3, -0.25) is 0 Å². The van der Waals surface area contributed by atoms with Gasteiger partial charge >= 0.3 is 0 Å². The molecule has 0 aliphatic heterocycles. The van der Waals surface area contributed by atoms with Crippen molar-refractivity contribution in [1.29, 1.82) is 0 Å². The normalized spacial score (nSPS) is 14.4. The van der Waals surface area contributed by atoms with E-state index in [0.29, 0.717) is 5.92 Å². The van der Waals surface area contributed by atoms with Crippen LogP contribution in [0.25, 0.3) is 60.4 Å². The first kappa shape index (κ1) is 40.1. The van der Waals surface area contributed by atoms with E-state index in [0.717, 1.165) is 32.2 Å². The summed E-state index contributed by atoms with van der Waals surface area (Å²) in [6.07, 6.45) is 4.09. The minimum atomic E-state index is 0.185.